The van der Waals surface area contributed by atoms with Gasteiger partial charge in [0.2, 0.25) is 5.91 Å². The Morgan fingerprint density at radius 2 is 1.67 bits per heavy atom. The zero-order valence-corrected chi connectivity index (χ0v) is 32.4. The number of carbonyl (C=O) groups excluding carboxylic acids is 3. The fourth-order valence-electron chi connectivity index (χ4n) is 4.79. The number of rotatable bonds is 16. The molecular formula is C36H65N5O10. The summed E-state index contributed by atoms with van der Waals surface area (Å²) in [6.07, 6.45) is -1.61. The first-order chi connectivity index (χ1) is 23.9. The number of hydrogen-bond acceptors (Lipinski definition) is 11. The Hall–Kier alpha value is -3.50. The highest BCUT2D eigenvalue weighted by atomic mass is 16.6. The number of benzene rings is 1. The van der Waals surface area contributed by atoms with Gasteiger partial charge < -0.3 is 55.7 Å². The molecule has 1 fully saturated rings. The van der Waals surface area contributed by atoms with E-state index in [1.165, 1.54) is 0 Å². The summed E-state index contributed by atoms with van der Waals surface area (Å²) in [5, 5.41) is 34.7. The lowest BCUT2D eigenvalue weighted by molar-refractivity contribution is -0.163. The lowest BCUT2D eigenvalue weighted by Crippen LogP contribution is -2.53. The first-order valence-corrected chi connectivity index (χ1v) is 17.7. The van der Waals surface area contributed by atoms with Crippen LogP contribution in [0, 0.1) is 13.8 Å². The Balaban J connectivity index is 0.00000103. The zero-order valence-electron chi connectivity index (χ0n) is 32.4. The predicted octanol–water partition coefficient (Wildman–Crippen LogP) is 2.80. The fourth-order valence-corrected chi connectivity index (χ4v) is 4.79. The van der Waals surface area contributed by atoms with Gasteiger partial charge in [-0.05, 0) is 90.7 Å². The smallest absolute Gasteiger partial charge is 0.410 e. The van der Waals surface area contributed by atoms with E-state index in [2.05, 4.69) is 29.5 Å². The van der Waals surface area contributed by atoms with Crippen LogP contribution < -0.4 is 16.4 Å². The number of nitrogens with zero attached hydrogens (tertiary/aromatic N) is 2. The van der Waals surface area contributed by atoms with E-state index in [4.69, 9.17) is 19.9 Å². The third kappa shape index (κ3) is 19.6. The van der Waals surface area contributed by atoms with E-state index in [0.717, 1.165) is 26.1 Å². The highest BCUT2D eigenvalue weighted by Gasteiger charge is 2.36. The summed E-state index contributed by atoms with van der Waals surface area (Å²) in [6, 6.07) is 2.61. The molecule has 1 aliphatic rings. The van der Waals surface area contributed by atoms with Gasteiger partial charge in [-0.3, -0.25) is 9.59 Å². The van der Waals surface area contributed by atoms with Crippen molar-refractivity contribution in [2.45, 2.75) is 111 Å². The molecule has 15 nitrogen and oxygen atoms in total. The maximum atomic E-state index is 12.4. The standard InChI is InChI=1S/C20H29N3O7.C14H30N2O3.C2H6/c1-10-5-12(6-11(2)18(10)26)19(27)22-9-13(24)7-16-14(23-17(25)8-21)3-4-15(30-16)20(28)29;1-7-15(5)10-12-18-11-8-9-16(6)13(17)19-14(2,3)4;1-2/h5-6,13-16,24,26H,3-4,7-9,21H2,1-2H3,(H,22,27)(H,23,25)(H,28,29);7-12H2,1-6H3;1-2H3/t13-,14?,15?,16?;;/m0../s1. The number of aryl methyl sites for hydroxylation is 2. The van der Waals surface area contributed by atoms with Crippen LogP contribution in [0.15, 0.2) is 12.1 Å². The Morgan fingerprint density at radius 1 is 1.06 bits per heavy atom. The molecule has 0 spiro atoms. The molecule has 3 amide bonds. The average Bonchev–Trinajstić information content (AvgIpc) is 3.08. The van der Waals surface area contributed by atoms with E-state index in [-0.39, 0.29) is 37.8 Å². The van der Waals surface area contributed by atoms with Gasteiger partial charge >= 0.3 is 12.1 Å². The Kier molecular flexibility index (Phi) is 23.0. The number of carbonyl (C=O) groups is 4. The van der Waals surface area contributed by atoms with Crippen LogP contribution in [-0.2, 0) is 23.8 Å². The Morgan fingerprint density at radius 3 is 2.20 bits per heavy atom. The molecule has 3 unspecified atom stereocenters. The van der Waals surface area contributed by atoms with Gasteiger partial charge in [-0.1, -0.05) is 20.8 Å². The number of phenolic OH excluding ortho intramolecular Hbond substituents is 1. The second-order valence-corrected chi connectivity index (χ2v) is 13.3. The normalized spacial score (nSPS) is 17.5. The summed E-state index contributed by atoms with van der Waals surface area (Å²) in [5.74, 6) is -1.80. The Labute approximate surface area is 304 Å². The van der Waals surface area contributed by atoms with Gasteiger partial charge in [0.05, 0.1) is 31.4 Å². The number of aliphatic hydroxyl groups is 1. The molecule has 7 N–H and O–H groups in total. The quantitative estimate of drug-likeness (QED) is 0.136. The number of phenols is 1. The summed E-state index contributed by atoms with van der Waals surface area (Å²) >= 11 is 0. The number of aliphatic carboxylic acids is 1. The second kappa shape index (κ2) is 24.6. The first kappa shape index (κ1) is 47.5. The lowest BCUT2D eigenvalue weighted by atomic mass is 9.94. The van der Waals surface area contributed by atoms with Crippen molar-refractivity contribution in [2.75, 3.05) is 60.0 Å². The molecular weight excluding hydrogens is 662 g/mol. The number of carboxylic acids is 1. The highest BCUT2D eigenvalue weighted by molar-refractivity contribution is 5.94. The number of nitrogens with two attached hydrogens (primary N) is 1. The van der Waals surface area contributed by atoms with Gasteiger partial charge in [0.25, 0.3) is 5.91 Å². The molecule has 0 bridgehead atoms. The molecule has 1 aromatic carbocycles. The molecule has 1 heterocycles. The number of likely N-dealkylation sites (N-methyl/N-ethyl adjacent to an activating group) is 1. The van der Waals surface area contributed by atoms with E-state index in [9.17, 15) is 34.5 Å². The van der Waals surface area contributed by atoms with Crippen LogP contribution in [0.25, 0.3) is 0 Å². The third-order valence-electron chi connectivity index (χ3n) is 7.74. The molecule has 2 rings (SSSR count). The molecule has 1 saturated heterocycles. The maximum Gasteiger partial charge on any atom is 0.410 e. The molecule has 0 saturated carbocycles. The molecule has 4 atom stereocenters. The van der Waals surface area contributed by atoms with Crippen LogP contribution in [0.1, 0.15) is 88.7 Å². The van der Waals surface area contributed by atoms with Crippen LogP contribution in [0.5, 0.6) is 5.75 Å². The zero-order chi connectivity index (χ0) is 39.3. The first-order valence-electron chi connectivity index (χ1n) is 17.7. The minimum Gasteiger partial charge on any atom is -0.507 e. The van der Waals surface area contributed by atoms with Crippen LogP contribution in [-0.4, -0.2) is 139 Å². The van der Waals surface area contributed by atoms with Gasteiger partial charge in [0, 0.05) is 45.3 Å². The number of amides is 3. The predicted molar refractivity (Wildman–Crippen MR) is 196 cm³/mol. The topological polar surface area (TPSA) is 213 Å². The molecule has 0 radical (unpaired) electrons. The number of aromatic hydroxyl groups is 1. The summed E-state index contributed by atoms with van der Waals surface area (Å²) in [5.41, 5.74) is 6.36. The number of carboxylic acid groups (broad SMARTS) is 1. The number of hydrogen-bond donors (Lipinski definition) is 6. The molecule has 15 heteroatoms. The summed E-state index contributed by atoms with van der Waals surface area (Å²) in [7, 11) is 3.82. The van der Waals surface area contributed by atoms with E-state index in [0.29, 0.717) is 36.3 Å². The fraction of sp³-hybridized carbons (Fsp3) is 0.722. The van der Waals surface area contributed by atoms with Crippen molar-refractivity contribution in [3.63, 3.8) is 0 Å². The monoisotopic (exact) mass is 727 g/mol. The van der Waals surface area contributed by atoms with Crippen LogP contribution in [0.2, 0.25) is 0 Å². The van der Waals surface area contributed by atoms with Crippen molar-refractivity contribution >= 4 is 23.9 Å². The van der Waals surface area contributed by atoms with Crippen molar-refractivity contribution in [1.82, 2.24) is 20.4 Å². The van der Waals surface area contributed by atoms with Gasteiger partial charge in [-0.15, -0.1) is 0 Å². The van der Waals surface area contributed by atoms with Crippen LogP contribution >= 0.6 is 0 Å². The molecule has 294 valence electrons. The largest absolute Gasteiger partial charge is 0.507 e. The lowest BCUT2D eigenvalue weighted by Gasteiger charge is -2.36. The van der Waals surface area contributed by atoms with Crippen LogP contribution in [0.3, 0.4) is 0 Å². The van der Waals surface area contributed by atoms with E-state index >= 15 is 0 Å². The Bertz CT molecular complexity index is 1190. The maximum absolute atomic E-state index is 12.4. The highest BCUT2D eigenvalue weighted by Crippen LogP contribution is 2.24. The molecule has 1 aromatic rings. The van der Waals surface area contributed by atoms with Gasteiger partial charge in [-0.25, -0.2) is 9.59 Å². The van der Waals surface area contributed by atoms with Gasteiger partial charge in [0.15, 0.2) is 6.10 Å². The molecule has 0 aliphatic carbocycles. The minimum atomic E-state index is -1.11. The summed E-state index contributed by atoms with van der Waals surface area (Å²) < 4.78 is 16.3. The van der Waals surface area contributed by atoms with E-state index in [1.807, 2.05) is 34.6 Å². The van der Waals surface area contributed by atoms with Crippen molar-refractivity contribution < 1.29 is 48.7 Å². The minimum absolute atomic E-state index is 0.0210. The average molecular weight is 728 g/mol. The SMILES string of the molecule is CC.CCN(C)CCOCCCN(C)C(=O)OC(C)(C)C.Cc1cc(C(=O)NC[C@@H](O)CC2OC(C(=O)O)CCC2NC(=O)CN)cc(C)c1O. The number of nitrogens with one attached hydrogen (secondary N) is 2. The summed E-state index contributed by atoms with van der Waals surface area (Å²) in [4.78, 5) is 50.7. The van der Waals surface area contributed by atoms with Gasteiger partial charge in [0.1, 0.15) is 11.4 Å². The summed E-state index contributed by atoms with van der Waals surface area (Å²) in [6.45, 7) is 18.8. The van der Waals surface area contributed by atoms with E-state index < -0.39 is 47.7 Å². The van der Waals surface area contributed by atoms with Crippen molar-refractivity contribution in [2.24, 2.45) is 5.73 Å². The van der Waals surface area contributed by atoms with Gasteiger partial charge in [-0.2, -0.15) is 0 Å². The number of aliphatic hydroxyl groups excluding tert-OH is 1. The molecule has 1 aliphatic heterocycles. The second-order valence-electron chi connectivity index (χ2n) is 13.3. The van der Waals surface area contributed by atoms with Crippen molar-refractivity contribution in [1.29, 1.82) is 0 Å². The number of ether oxygens (including phenoxy) is 3. The van der Waals surface area contributed by atoms with Crippen molar-refractivity contribution in [3.05, 3.63) is 28.8 Å². The molecule has 0 aromatic heterocycles. The third-order valence-corrected chi connectivity index (χ3v) is 7.74. The van der Waals surface area contributed by atoms with E-state index in [1.54, 1.807) is 37.9 Å². The van der Waals surface area contributed by atoms with Crippen LogP contribution in [0.4, 0.5) is 4.79 Å². The molecule has 51 heavy (non-hydrogen) atoms. The van der Waals surface area contributed by atoms with Crippen molar-refractivity contribution in [3.8, 4) is 5.75 Å².